The van der Waals surface area contributed by atoms with Crippen LogP contribution in [0.4, 0.5) is 10.1 Å². The number of hydrogen-bond acceptors (Lipinski definition) is 3. The Hall–Kier alpha value is -2.89. The van der Waals surface area contributed by atoms with Gasteiger partial charge in [-0.25, -0.2) is 9.37 Å². The van der Waals surface area contributed by atoms with Crippen molar-refractivity contribution < 1.29 is 9.18 Å². The lowest BCUT2D eigenvalue weighted by atomic mass is 10.0. The lowest BCUT2D eigenvalue weighted by molar-refractivity contribution is 0.0709. The molecule has 0 radical (unpaired) electrons. The van der Waals surface area contributed by atoms with Gasteiger partial charge >= 0.3 is 0 Å². The fraction of sp³-hybridized carbons (Fsp3) is 0.300. The van der Waals surface area contributed by atoms with Gasteiger partial charge in [0.1, 0.15) is 17.2 Å². The Balaban J connectivity index is 1.48. The molecule has 1 N–H and O–H groups in total. The third-order valence-electron chi connectivity index (χ3n) is 4.82. The number of benzene rings is 1. The monoisotopic (exact) mass is 352 g/mol. The van der Waals surface area contributed by atoms with E-state index >= 15 is 0 Å². The van der Waals surface area contributed by atoms with Gasteiger partial charge in [0.25, 0.3) is 5.91 Å². The highest BCUT2D eigenvalue weighted by molar-refractivity contribution is 5.93. The molecule has 3 heterocycles. The van der Waals surface area contributed by atoms with E-state index in [2.05, 4.69) is 10.3 Å². The largest absolute Gasteiger partial charge is 0.381 e. The zero-order valence-electron chi connectivity index (χ0n) is 14.7. The summed E-state index contributed by atoms with van der Waals surface area (Å²) in [6.07, 6.45) is 5.60. The predicted molar refractivity (Wildman–Crippen MR) is 98.9 cm³/mol. The molecular formula is C20H21FN4O. The molecule has 26 heavy (non-hydrogen) atoms. The van der Waals surface area contributed by atoms with Crippen LogP contribution in [0.25, 0.3) is 5.65 Å². The molecule has 0 spiro atoms. The average Bonchev–Trinajstić information content (AvgIpc) is 3.09. The summed E-state index contributed by atoms with van der Waals surface area (Å²) >= 11 is 0. The molecule has 1 unspecified atom stereocenters. The van der Waals surface area contributed by atoms with Crippen LogP contribution < -0.4 is 5.32 Å². The summed E-state index contributed by atoms with van der Waals surface area (Å²) in [6.45, 7) is 3.33. The third kappa shape index (κ3) is 3.27. The molecule has 0 bridgehead atoms. The number of rotatable bonds is 3. The maximum absolute atomic E-state index is 13.0. The number of nitrogens with zero attached hydrogens (tertiary/aromatic N) is 3. The number of hydrogen-bond donors (Lipinski definition) is 1. The number of fused-ring (bicyclic) bond motifs is 1. The van der Waals surface area contributed by atoms with Crippen LogP contribution in [0.5, 0.6) is 0 Å². The zero-order chi connectivity index (χ0) is 18.1. The number of aryl methyl sites for hydroxylation is 1. The van der Waals surface area contributed by atoms with E-state index in [-0.39, 0.29) is 17.8 Å². The summed E-state index contributed by atoms with van der Waals surface area (Å²) in [5.74, 6) is -0.295. The first-order valence-electron chi connectivity index (χ1n) is 8.86. The fourth-order valence-corrected chi connectivity index (χ4v) is 3.48. The van der Waals surface area contributed by atoms with Gasteiger partial charge in [-0.1, -0.05) is 6.07 Å². The second kappa shape index (κ2) is 6.78. The van der Waals surface area contributed by atoms with Crippen molar-refractivity contribution in [1.82, 2.24) is 14.3 Å². The SMILES string of the molecule is Cc1cccn2cc(C(=O)N3CCCC(Nc4ccc(F)cc4)C3)nc12. The van der Waals surface area contributed by atoms with Crippen LogP contribution in [0, 0.1) is 12.7 Å². The molecule has 1 aliphatic heterocycles. The van der Waals surface area contributed by atoms with Crippen molar-refractivity contribution >= 4 is 17.2 Å². The van der Waals surface area contributed by atoms with Gasteiger partial charge in [0.2, 0.25) is 0 Å². The number of carbonyl (C=O) groups excluding carboxylic acids is 1. The maximum atomic E-state index is 13.0. The average molecular weight is 352 g/mol. The first-order valence-corrected chi connectivity index (χ1v) is 8.86. The fourth-order valence-electron chi connectivity index (χ4n) is 3.48. The molecule has 1 aromatic carbocycles. The summed E-state index contributed by atoms with van der Waals surface area (Å²) in [7, 11) is 0. The normalized spacial score (nSPS) is 17.5. The van der Waals surface area contributed by atoms with E-state index in [1.807, 2.05) is 34.6 Å². The predicted octanol–water partition coefficient (Wildman–Crippen LogP) is 3.50. The lowest BCUT2D eigenvalue weighted by Gasteiger charge is -2.33. The maximum Gasteiger partial charge on any atom is 0.274 e. The molecule has 0 aliphatic carbocycles. The molecule has 6 heteroatoms. The van der Waals surface area contributed by atoms with Crippen LogP contribution in [0.15, 0.2) is 48.8 Å². The minimum atomic E-state index is -0.252. The standard InChI is InChI=1S/C20H21FN4O/c1-14-4-2-10-24-13-18(23-19(14)24)20(26)25-11-3-5-17(12-25)22-16-8-6-15(21)7-9-16/h2,4,6-10,13,17,22H,3,5,11-12H2,1H3. The number of carbonyl (C=O) groups is 1. The molecule has 2 aromatic heterocycles. The van der Waals surface area contributed by atoms with E-state index < -0.39 is 0 Å². The Labute approximate surface area is 151 Å². The Bertz CT molecular complexity index is 935. The van der Waals surface area contributed by atoms with Crippen molar-refractivity contribution in [2.24, 2.45) is 0 Å². The molecule has 4 rings (SSSR count). The van der Waals surface area contributed by atoms with E-state index in [9.17, 15) is 9.18 Å². The topological polar surface area (TPSA) is 49.6 Å². The number of likely N-dealkylation sites (tertiary alicyclic amines) is 1. The molecule has 3 aromatic rings. The van der Waals surface area contributed by atoms with Crippen LogP contribution in [0.1, 0.15) is 28.9 Å². The van der Waals surface area contributed by atoms with Gasteiger partial charge in [-0.15, -0.1) is 0 Å². The summed E-state index contributed by atoms with van der Waals surface area (Å²) in [4.78, 5) is 19.3. The van der Waals surface area contributed by atoms with E-state index in [4.69, 9.17) is 0 Å². The Morgan fingerprint density at radius 2 is 2.08 bits per heavy atom. The number of piperidine rings is 1. The highest BCUT2D eigenvalue weighted by Crippen LogP contribution is 2.19. The quantitative estimate of drug-likeness (QED) is 0.785. The van der Waals surface area contributed by atoms with Crippen LogP contribution >= 0.6 is 0 Å². The smallest absolute Gasteiger partial charge is 0.274 e. The highest BCUT2D eigenvalue weighted by Gasteiger charge is 2.26. The number of nitrogens with one attached hydrogen (secondary N) is 1. The van der Waals surface area contributed by atoms with Gasteiger partial charge in [-0.05, 0) is 55.7 Å². The zero-order valence-corrected chi connectivity index (χ0v) is 14.7. The number of amides is 1. The molecule has 1 fully saturated rings. The minimum absolute atomic E-state index is 0.0429. The van der Waals surface area contributed by atoms with Gasteiger partial charge < -0.3 is 14.6 Å². The first kappa shape index (κ1) is 16.6. The van der Waals surface area contributed by atoms with E-state index in [0.29, 0.717) is 12.2 Å². The molecule has 1 saturated heterocycles. The number of halogens is 1. The van der Waals surface area contributed by atoms with Crippen molar-refractivity contribution in [2.45, 2.75) is 25.8 Å². The van der Waals surface area contributed by atoms with Crippen LogP contribution in [-0.4, -0.2) is 39.3 Å². The number of anilines is 1. The summed E-state index contributed by atoms with van der Waals surface area (Å²) in [6, 6.07) is 10.4. The Kier molecular flexibility index (Phi) is 4.32. The number of aromatic nitrogens is 2. The number of pyridine rings is 1. The molecule has 1 aliphatic rings. The van der Waals surface area contributed by atoms with Crippen molar-refractivity contribution in [3.63, 3.8) is 0 Å². The molecule has 134 valence electrons. The molecule has 1 amide bonds. The summed E-state index contributed by atoms with van der Waals surface area (Å²) < 4.78 is 14.9. The summed E-state index contributed by atoms with van der Waals surface area (Å²) in [5.41, 5.74) is 3.20. The van der Waals surface area contributed by atoms with E-state index in [0.717, 1.165) is 36.3 Å². The molecular weight excluding hydrogens is 331 g/mol. The minimum Gasteiger partial charge on any atom is -0.381 e. The van der Waals surface area contributed by atoms with Gasteiger partial charge in [-0.3, -0.25) is 4.79 Å². The van der Waals surface area contributed by atoms with Gasteiger partial charge in [0.15, 0.2) is 0 Å². The van der Waals surface area contributed by atoms with Crippen LogP contribution in [-0.2, 0) is 0 Å². The van der Waals surface area contributed by atoms with Crippen LogP contribution in [0.3, 0.4) is 0 Å². The summed E-state index contributed by atoms with van der Waals surface area (Å²) in [5, 5.41) is 3.39. The number of imidazole rings is 1. The van der Waals surface area contributed by atoms with Gasteiger partial charge in [0.05, 0.1) is 0 Å². The molecule has 0 saturated carbocycles. The van der Waals surface area contributed by atoms with Crippen LogP contribution in [0.2, 0.25) is 0 Å². The second-order valence-corrected chi connectivity index (χ2v) is 6.79. The molecule has 1 atom stereocenters. The lowest BCUT2D eigenvalue weighted by Crippen LogP contribution is -2.45. The van der Waals surface area contributed by atoms with E-state index in [1.165, 1.54) is 12.1 Å². The van der Waals surface area contributed by atoms with Crippen molar-refractivity contribution in [1.29, 1.82) is 0 Å². The first-order chi connectivity index (χ1) is 12.6. The van der Waals surface area contributed by atoms with E-state index in [1.54, 1.807) is 18.3 Å². The van der Waals surface area contributed by atoms with Gasteiger partial charge in [-0.2, -0.15) is 0 Å². The molecule has 5 nitrogen and oxygen atoms in total. The van der Waals surface area contributed by atoms with Crippen molar-refractivity contribution in [3.05, 3.63) is 65.9 Å². The van der Waals surface area contributed by atoms with Crippen molar-refractivity contribution in [2.75, 3.05) is 18.4 Å². The van der Waals surface area contributed by atoms with Crippen molar-refractivity contribution in [3.8, 4) is 0 Å². The van der Waals surface area contributed by atoms with Gasteiger partial charge in [0, 0.05) is 37.2 Å². The second-order valence-electron chi connectivity index (χ2n) is 6.79. The third-order valence-corrected chi connectivity index (χ3v) is 4.82. The Morgan fingerprint density at radius 1 is 1.27 bits per heavy atom. The highest BCUT2D eigenvalue weighted by atomic mass is 19.1. The Morgan fingerprint density at radius 3 is 2.85 bits per heavy atom.